The Morgan fingerprint density at radius 3 is 2.96 bits per heavy atom. The normalized spacial score (nSPS) is 16.7. The maximum Gasteiger partial charge on any atom is 0.250 e. The fraction of sp³-hybridized carbons (Fsp3) is 0.294. The van der Waals surface area contributed by atoms with E-state index in [0.717, 1.165) is 11.3 Å². The Morgan fingerprint density at radius 1 is 1.39 bits per heavy atom. The number of carbonyl (C=O) groups is 1. The largest absolute Gasteiger partial charge is 0.366 e. The van der Waals surface area contributed by atoms with Gasteiger partial charge in [-0.25, -0.2) is 4.98 Å². The van der Waals surface area contributed by atoms with Crippen molar-refractivity contribution in [3.8, 4) is 10.7 Å². The summed E-state index contributed by atoms with van der Waals surface area (Å²) < 4.78 is 0. The smallest absolute Gasteiger partial charge is 0.250 e. The highest BCUT2D eigenvalue weighted by Gasteiger charge is 2.30. The predicted octanol–water partition coefficient (Wildman–Crippen LogP) is 3.35. The summed E-state index contributed by atoms with van der Waals surface area (Å²) in [7, 11) is -0.0259. The second-order valence-corrected chi connectivity index (χ2v) is 8.13. The summed E-state index contributed by atoms with van der Waals surface area (Å²) in [4.78, 5) is 20.8. The van der Waals surface area contributed by atoms with Crippen LogP contribution in [0.15, 0.2) is 35.7 Å². The van der Waals surface area contributed by atoms with E-state index in [2.05, 4.69) is 39.7 Å². The number of H-pyrrole nitrogens is 1. The van der Waals surface area contributed by atoms with Crippen LogP contribution in [-0.2, 0) is 0 Å². The zero-order valence-corrected chi connectivity index (χ0v) is 13.7. The van der Waals surface area contributed by atoms with Gasteiger partial charge in [-0.3, -0.25) is 10.1 Å². The lowest BCUT2D eigenvalue weighted by Gasteiger charge is -2.05. The van der Waals surface area contributed by atoms with E-state index < -0.39 is 5.91 Å². The summed E-state index contributed by atoms with van der Waals surface area (Å²) in [6.45, 7) is 2.22. The number of amides is 1. The summed E-state index contributed by atoms with van der Waals surface area (Å²) in [6.07, 6.45) is 2.55. The number of fused-ring (bicyclic) bond motifs is 1. The molecule has 1 aromatic carbocycles. The number of para-hydroxylation sites is 1. The third-order valence-corrected chi connectivity index (χ3v) is 6.35. The van der Waals surface area contributed by atoms with Gasteiger partial charge in [0.15, 0.2) is 11.2 Å². The molecule has 0 aliphatic heterocycles. The number of hydrogen-bond donors (Lipinski definition) is 3. The van der Waals surface area contributed by atoms with Gasteiger partial charge in [-0.1, -0.05) is 6.07 Å². The maximum absolute atomic E-state index is 11.6. The van der Waals surface area contributed by atoms with Gasteiger partial charge in [0, 0.05) is 29.5 Å². The molecule has 3 aromatic rings. The van der Waals surface area contributed by atoms with E-state index in [-0.39, 0.29) is 10.5 Å². The number of benzene rings is 1. The van der Waals surface area contributed by atoms with E-state index in [1.807, 2.05) is 12.1 Å². The van der Waals surface area contributed by atoms with Gasteiger partial charge in [0.05, 0.1) is 11.1 Å². The molecule has 2 unspecified atom stereocenters. The number of carbonyl (C=O) groups excluding carboxylic acids is 1. The first-order valence-electron chi connectivity index (χ1n) is 7.79. The zero-order chi connectivity index (χ0) is 16.0. The minimum atomic E-state index is -0.449. The molecule has 6 heteroatoms. The number of nitrogens with two attached hydrogens (primary N) is 1. The van der Waals surface area contributed by atoms with Crippen molar-refractivity contribution in [2.45, 2.75) is 31.2 Å². The molecule has 0 saturated heterocycles. The summed E-state index contributed by atoms with van der Waals surface area (Å²) in [5.74, 6) is 0.376. The third-order valence-electron chi connectivity index (χ3n) is 4.17. The number of aromatic amines is 1. The van der Waals surface area contributed by atoms with Crippen LogP contribution in [0.4, 0.5) is 0 Å². The Bertz CT molecular complexity index is 878. The molecule has 1 aliphatic carbocycles. The molecule has 0 spiro atoms. The van der Waals surface area contributed by atoms with Gasteiger partial charge in [-0.15, -0.1) is 0 Å². The van der Waals surface area contributed by atoms with Gasteiger partial charge in [0.2, 0.25) is 4.88 Å². The molecular formula is C17H19N4OS+. The minimum absolute atomic E-state index is 0.0259. The first kappa shape index (κ1) is 14.4. The van der Waals surface area contributed by atoms with Gasteiger partial charge in [-0.2, -0.15) is 0 Å². The van der Waals surface area contributed by atoms with Crippen LogP contribution in [0.2, 0.25) is 0 Å². The van der Waals surface area contributed by atoms with Crippen molar-refractivity contribution in [1.29, 1.82) is 0 Å². The molecular weight excluding hydrogens is 308 g/mol. The number of aromatic nitrogens is 2. The van der Waals surface area contributed by atoms with Crippen LogP contribution in [0, 0.1) is 0 Å². The van der Waals surface area contributed by atoms with Crippen molar-refractivity contribution in [3.05, 3.63) is 41.3 Å². The van der Waals surface area contributed by atoms with Crippen LogP contribution in [0.25, 0.3) is 21.7 Å². The van der Waals surface area contributed by atoms with E-state index in [1.54, 1.807) is 6.07 Å². The molecule has 2 heterocycles. The fourth-order valence-corrected chi connectivity index (χ4v) is 4.77. The topological polar surface area (TPSA) is 83.8 Å². The van der Waals surface area contributed by atoms with Gasteiger partial charge in [-0.05, 0) is 31.0 Å². The molecule has 23 heavy (non-hydrogen) atoms. The van der Waals surface area contributed by atoms with E-state index in [1.165, 1.54) is 17.7 Å². The Morgan fingerprint density at radius 2 is 2.22 bits per heavy atom. The number of nitrogens with zero attached hydrogens (tertiary/aromatic N) is 1. The highest BCUT2D eigenvalue weighted by molar-refractivity contribution is 7.33. The van der Waals surface area contributed by atoms with Crippen LogP contribution in [-0.4, -0.2) is 21.9 Å². The fourth-order valence-electron chi connectivity index (χ4n) is 2.86. The molecule has 1 saturated carbocycles. The third kappa shape index (κ3) is 2.64. The summed E-state index contributed by atoms with van der Waals surface area (Å²) in [5.41, 5.74) is 7.40. The van der Waals surface area contributed by atoms with Gasteiger partial charge in [0.25, 0.3) is 5.91 Å². The molecule has 0 bridgehead atoms. The molecule has 2 atom stereocenters. The van der Waals surface area contributed by atoms with Crippen LogP contribution in [0.1, 0.15) is 35.5 Å². The lowest BCUT2D eigenvalue weighted by atomic mass is 10.2. The lowest BCUT2D eigenvalue weighted by Crippen LogP contribution is -2.17. The second kappa shape index (κ2) is 5.47. The molecule has 2 aromatic heterocycles. The maximum atomic E-state index is 11.6. The number of primary amides is 1. The van der Waals surface area contributed by atoms with E-state index >= 15 is 0 Å². The zero-order valence-electron chi connectivity index (χ0n) is 12.9. The lowest BCUT2D eigenvalue weighted by molar-refractivity contribution is 0.100. The first-order chi connectivity index (χ1) is 11.1. The van der Waals surface area contributed by atoms with Crippen molar-refractivity contribution in [2.24, 2.45) is 5.73 Å². The van der Waals surface area contributed by atoms with Gasteiger partial charge in [0.1, 0.15) is 10.9 Å². The Balaban J connectivity index is 1.76. The summed E-state index contributed by atoms with van der Waals surface area (Å²) >= 11 is 0. The molecule has 1 aliphatic rings. The van der Waals surface area contributed by atoms with E-state index in [4.69, 9.17) is 5.73 Å². The van der Waals surface area contributed by atoms with Crippen LogP contribution in [0.3, 0.4) is 0 Å². The van der Waals surface area contributed by atoms with E-state index in [0.29, 0.717) is 22.5 Å². The van der Waals surface area contributed by atoms with E-state index in [9.17, 15) is 4.79 Å². The summed E-state index contributed by atoms with van der Waals surface area (Å²) in [5, 5.41) is 6.28. The molecule has 0 radical (unpaired) electrons. The standard InChI is InChI=1S/C17H18N4OS/c1-10(19-11-7-8-11)23-9-3-6-14(23)17-20-13-5-2-4-12(16(18)22)15(13)21-17/h2-6,9-11,19H,7-8H2,1H3,(H2-,18,20,21,22)/p+1. The Kier molecular flexibility index (Phi) is 3.43. The molecule has 4 N–H and O–H groups in total. The summed E-state index contributed by atoms with van der Waals surface area (Å²) in [6, 6.07) is 10.3. The van der Waals surface area contributed by atoms with Gasteiger partial charge >= 0.3 is 0 Å². The van der Waals surface area contributed by atoms with Crippen molar-refractivity contribution < 1.29 is 4.79 Å². The van der Waals surface area contributed by atoms with Crippen molar-refractivity contribution in [2.75, 3.05) is 0 Å². The van der Waals surface area contributed by atoms with Crippen molar-refractivity contribution >= 4 is 27.4 Å². The average molecular weight is 327 g/mol. The monoisotopic (exact) mass is 327 g/mol. The molecule has 1 amide bonds. The van der Waals surface area contributed by atoms with Crippen molar-refractivity contribution in [1.82, 2.24) is 15.3 Å². The molecule has 1 fully saturated rings. The molecule has 118 valence electrons. The number of nitrogens with one attached hydrogen (secondary N) is 2. The number of rotatable bonds is 5. The predicted molar refractivity (Wildman–Crippen MR) is 93.4 cm³/mol. The molecule has 5 nitrogen and oxygen atoms in total. The Hall–Kier alpha value is -2.18. The first-order valence-corrected chi connectivity index (χ1v) is 9.14. The minimum Gasteiger partial charge on any atom is -0.366 e. The highest BCUT2D eigenvalue weighted by atomic mass is 32.2. The average Bonchev–Trinajstić information content (AvgIpc) is 3.04. The number of thiophene rings is 1. The van der Waals surface area contributed by atoms with Crippen LogP contribution >= 0.6 is 10.5 Å². The van der Waals surface area contributed by atoms with Gasteiger partial charge < -0.3 is 10.7 Å². The highest BCUT2D eigenvalue weighted by Crippen LogP contribution is 2.41. The molecule has 4 rings (SSSR count). The number of imidazole rings is 1. The van der Waals surface area contributed by atoms with Crippen LogP contribution in [0.5, 0.6) is 0 Å². The SMILES string of the molecule is CC(NC1CC1)[s+]1cccc1-c1nc2c(C(N)=O)cccc2[nH]1. The Labute approximate surface area is 136 Å². The van der Waals surface area contributed by atoms with Crippen LogP contribution < -0.4 is 11.1 Å². The van der Waals surface area contributed by atoms with Crippen molar-refractivity contribution in [3.63, 3.8) is 0 Å². The second-order valence-electron chi connectivity index (χ2n) is 5.97. The number of hydrogen-bond acceptors (Lipinski definition) is 3. The quantitative estimate of drug-likeness (QED) is 0.628.